The zero-order chi connectivity index (χ0) is 26.1. The van der Waals surface area contributed by atoms with Crippen LogP contribution in [0, 0.1) is 0 Å². The Bertz CT molecular complexity index is 1500. The van der Waals surface area contributed by atoms with Crippen molar-refractivity contribution in [2.45, 2.75) is 43.8 Å². The summed E-state index contributed by atoms with van der Waals surface area (Å²) in [6, 6.07) is 25.6. The van der Waals surface area contributed by atoms with E-state index >= 15 is 0 Å². The van der Waals surface area contributed by atoms with E-state index in [2.05, 4.69) is 33.9 Å². The summed E-state index contributed by atoms with van der Waals surface area (Å²) in [5, 5.41) is 0.743. The lowest BCUT2D eigenvalue weighted by atomic mass is 10.1. The summed E-state index contributed by atoms with van der Waals surface area (Å²) in [7, 11) is -4.61. The van der Waals surface area contributed by atoms with E-state index in [1.165, 1.54) is 3.97 Å². The third-order valence-electron chi connectivity index (χ3n) is 6.79. The van der Waals surface area contributed by atoms with E-state index in [0.29, 0.717) is 17.0 Å². The summed E-state index contributed by atoms with van der Waals surface area (Å²) in [4.78, 5) is 0.226. The molecule has 188 valence electrons. The summed E-state index contributed by atoms with van der Waals surface area (Å²) in [5.74, 6) is 1.28. The number of hydrogen-bond donors (Lipinski definition) is 0. The number of benzene rings is 3. The van der Waals surface area contributed by atoms with Gasteiger partial charge in [0.1, 0.15) is 11.5 Å². The van der Waals surface area contributed by atoms with Gasteiger partial charge in [-0.2, -0.15) is 0 Å². The maximum absolute atomic E-state index is 14.0. The highest BCUT2D eigenvalue weighted by molar-refractivity contribution is 7.90. The molecule has 0 amide bonds. The van der Waals surface area contributed by atoms with Gasteiger partial charge in [0.25, 0.3) is 18.3 Å². The van der Waals surface area contributed by atoms with Crippen molar-refractivity contribution in [2.24, 2.45) is 0 Å². The van der Waals surface area contributed by atoms with Gasteiger partial charge in [0.2, 0.25) is 0 Å². The average Bonchev–Trinajstić information content (AvgIpc) is 3.24. The first-order valence-corrected chi connectivity index (χ1v) is 16.3. The number of hydrogen-bond acceptors (Lipinski definition) is 4. The highest BCUT2D eigenvalue weighted by Gasteiger charge is 2.40. The molecule has 1 heterocycles. The van der Waals surface area contributed by atoms with Gasteiger partial charge in [-0.15, -0.1) is 0 Å². The zero-order valence-electron chi connectivity index (χ0n) is 21.6. The molecular formula is C29H33NO4SSi. The standard InChI is InChI=1S/C29H33NO4SSi/c1-29(2,3)36(5,6)34-28(20-22-16-18-24(33-4)19-17-22)27-21-23-12-10-11-15-26(23)30(27)35(31,32)25-13-8-7-9-14-25/h7-21H,1-6H3/b28-20-. The van der Waals surface area contributed by atoms with Crippen molar-refractivity contribution in [1.82, 2.24) is 3.97 Å². The van der Waals surface area contributed by atoms with Crippen molar-refractivity contribution in [1.29, 1.82) is 0 Å². The molecule has 5 nitrogen and oxygen atoms in total. The lowest BCUT2D eigenvalue weighted by molar-refractivity contribution is 0.415. The Balaban J connectivity index is 2.00. The van der Waals surface area contributed by atoms with Crippen molar-refractivity contribution >= 4 is 41.1 Å². The molecule has 1 aromatic heterocycles. The van der Waals surface area contributed by atoms with Gasteiger partial charge in [-0.25, -0.2) is 12.4 Å². The van der Waals surface area contributed by atoms with E-state index < -0.39 is 18.3 Å². The highest BCUT2D eigenvalue weighted by atomic mass is 32.2. The second-order valence-corrected chi connectivity index (χ2v) is 16.8. The van der Waals surface area contributed by atoms with Crippen molar-refractivity contribution in [3.05, 3.63) is 96.2 Å². The van der Waals surface area contributed by atoms with Crippen molar-refractivity contribution in [2.75, 3.05) is 7.11 Å². The molecule has 0 atom stereocenters. The monoisotopic (exact) mass is 519 g/mol. The molecule has 4 aromatic rings. The molecule has 0 aliphatic carbocycles. The molecule has 36 heavy (non-hydrogen) atoms. The van der Waals surface area contributed by atoms with E-state index in [4.69, 9.17) is 9.16 Å². The number of para-hydroxylation sites is 1. The van der Waals surface area contributed by atoms with Gasteiger partial charge in [-0.1, -0.05) is 69.3 Å². The zero-order valence-corrected chi connectivity index (χ0v) is 23.5. The lowest BCUT2D eigenvalue weighted by Gasteiger charge is -2.37. The summed E-state index contributed by atoms with van der Waals surface area (Å²) in [5.41, 5.74) is 2.00. The fourth-order valence-electron chi connectivity index (χ4n) is 3.69. The van der Waals surface area contributed by atoms with Gasteiger partial charge < -0.3 is 9.16 Å². The first-order valence-electron chi connectivity index (χ1n) is 11.9. The van der Waals surface area contributed by atoms with Crippen LogP contribution in [0.5, 0.6) is 5.75 Å². The Kier molecular flexibility index (Phi) is 6.90. The molecule has 0 spiro atoms. The second kappa shape index (κ2) is 9.63. The fourth-order valence-corrected chi connectivity index (χ4v) is 6.25. The second-order valence-electron chi connectivity index (χ2n) is 10.3. The Morgan fingerprint density at radius 1 is 0.889 bits per heavy atom. The summed E-state index contributed by atoms with van der Waals surface area (Å²) in [6.07, 6.45) is 1.92. The molecule has 0 saturated carbocycles. The first kappa shape index (κ1) is 25.8. The van der Waals surface area contributed by atoms with Gasteiger partial charge in [0.15, 0.2) is 0 Å². The highest BCUT2D eigenvalue weighted by Crippen LogP contribution is 2.41. The molecule has 0 aliphatic heterocycles. The molecule has 4 rings (SSSR count). The first-order chi connectivity index (χ1) is 16.9. The van der Waals surface area contributed by atoms with Gasteiger partial charge in [-0.3, -0.25) is 0 Å². The fraction of sp³-hybridized carbons (Fsp3) is 0.241. The van der Waals surface area contributed by atoms with Gasteiger partial charge in [0, 0.05) is 5.39 Å². The van der Waals surface area contributed by atoms with Gasteiger partial charge in [0.05, 0.1) is 23.2 Å². The van der Waals surface area contributed by atoms with Crippen LogP contribution in [-0.2, 0) is 14.4 Å². The van der Waals surface area contributed by atoms with E-state index in [-0.39, 0.29) is 9.93 Å². The van der Waals surface area contributed by atoms with Gasteiger partial charge >= 0.3 is 0 Å². The predicted molar refractivity (Wildman–Crippen MR) is 150 cm³/mol. The number of rotatable bonds is 7. The van der Waals surface area contributed by atoms with E-state index in [9.17, 15) is 8.42 Å². The molecule has 0 saturated heterocycles. The number of methoxy groups -OCH3 is 1. The van der Waals surface area contributed by atoms with E-state index in [1.807, 2.05) is 66.7 Å². The molecule has 0 aliphatic rings. The Labute approximate surface area is 215 Å². The summed E-state index contributed by atoms with van der Waals surface area (Å²) in [6.45, 7) is 10.8. The Morgan fingerprint density at radius 3 is 2.11 bits per heavy atom. The number of fused-ring (bicyclic) bond motifs is 1. The topological polar surface area (TPSA) is 57.5 Å². The molecule has 0 bridgehead atoms. The molecule has 0 unspecified atom stereocenters. The quantitative estimate of drug-likeness (QED) is 0.188. The molecule has 0 fully saturated rings. The van der Waals surface area contributed by atoms with Crippen molar-refractivity contribution in [3.63, 3.8) is 0 Å². The van der Waals surface area contributed by atoms with Crippen LogP contribution in [0.2, 0.25) is 18.1 Å². The van der Waals surface area contributed by atoms with Gasteiger partial charge in [-0.05, 0) is 66.2 Å². The number of aromatic nitrogens is 1. The van der Waals surface area contributed by atoms with Crippen LogP contribution < -0.4 is 4.74 Å². The van der Waals surface area contributed by atoms with Crippen LogP contribution in [0.15, 0.2) is 89.8 Å². The SMILES string of the molecule is COc1ccc(/C=C(\O[Si](C)(C)C(C)(C)C)c2cc3ccccc3n2S(=O)(=O)c2ccccc2)cc1. The minimum absolute atomic E-state index is 0.0822. The number of ether oxygens (including phenoxy) is 1. The largest absolute Gasteiger partial charge is 0.542 e. The summed E-state index contributed by atoms with van der Waals surface area (Å²) >= 11 is 0. The minimum Gasteiger partial charge on any atom is -0.542 e. The maximum Gasteiger partial charge on any atom is 0.268 e. The van der Waals surface area contributed by atoms with Crippen molar-refractivity contribution in [3.8, 4) is 5.75 Å². The van der Waals surface area contributed by atoms with Crippen LogP contribution in [-0.4, -0.2) is 27.8 Å². The predicted octanol–water partition coefficient (Wildman–Crippen LogP) is 7.41. The van der Waals surface area contributed by atoms with Crippen LogP contribution in [0.1, 0.15) is 32.0 Å². The van der Waals surface area contributed by atoms with Crippen molar-refractivity contribution < 1.29 is 17.6 Å². The lowest BCUT2D eigenvalue weighted by Crippen LogP contribution is -2.40. The molecule has 0 N–H and O–H groups in total. The molecule has 0 radical (unpaired) electrons. The minimum atomic E-state index is -3.90. The average molecular weight is 520 g/mol. The smallest absolute Gasteiger partial charge is 0.268 e. The van der Waals surface area contributed by atoms with Crippen LogP contribution in [0.3, 0.4) is 0 Å². The van der Waals surface area contributed by atoms with Crippen LogP contribution >= 0.6 is 0 Å². The van der Waals surface area contributed by atoms with E-state index in [0.717, 1.165) is 16.7 Å². The normalized spacial score (nSPS) is 13.1. The molecule has 3 aromatic carbocycles. The van der Waals surface area contributed by atoms with Crippen LogP contribution in [0.25, 0.3) is 22.7 Å². The third-order valence-corrected chi connectivity index (χ3v) is 12.9. The molecule has 7 heteroatoms. The third kappa shape index (κ3) is 4.99. The summed E-state index contributed by atoms with van der Waals surface area (Å²) < 4.78 is 41.6. The Morgan fingerprint density at radius 2 is 1.50 bits per heavy atom. The number of nitrogens with zero attached hydrogens (tertiary/aromatic N) is 1. The van der Waals surface area contributed by atoms with E-state index in [1.54, 1.807) is 31.4 Å². The Hall–Kier alpha value is -3.29. The van der Waals surface area contributed by atoms with Crippen LogP contribution in [0.4, 0.5) is 0 Å². The molecular weight excluding hydrogens is 486 g/mol. The maximum atomic E-state index is 14.0.